The van der Waals surface area contributed by atoms with Crippen molar-refractivity contribution in [3.8, 4) is 0 Å². The van der Waals surface area contributed by atoms with Gasteiger partial charge in [0.05, 0.1) is 4.99 Å². The minimum Gasteiger partial charge on any atom is -0.393 e. The molecule has 1 aromatic carbocycles. The van der Waals surface area contributed by atoms with Gasteiger partial charge in [-0.05, 0) is 37.3 Å². The Hall–Kier alpha value is -1.42. The lowest BCUT2D eigenvalue weighted by Gasteiger charge is -2.31. The molecule has 3 nitrogen and oxygen atoms in total. The zero-order chi connectivity index (χ0) is 15.4. The van der Waals surface area contributed by atoms with Crippen LogP contribution in [0.5, 0.6) is 0 Å². The van der Waals surface area contributed by atoms with Crippen molar-refractivity contribution in [2.75, 3.05) is 13.1 Å². The summed E-state index contributed by atoms with van der Waals surface area (Å²) >= 11 is 5.02. The van der Waals surface area contributed by atoms with E-state index in [1.54, 1.807) is 0 Å². The van der Waals surface area contributed by atoms with Crippen LogP contribution in [0.25, 0.3) is 0 Å². The summed E-state index contributed by atoms with van der Waals surface area (Å²) < 4.78 is 0. The number of nitrogens with zero attached hydrogens (tertiary/aromatic N) is 1. The van der Waals surface area contributed by atoms with Gasteiger partial charge < -0.3 is 10.6 Å². The Morgan fingerprint density at radius 3 is 2.71 bits per heavy atom. The predicted octanol–water partition coefficient (Wildman–Crippen LogP) is 2.56. The molecule has 2 rings (SSSR count). The highest BCUT2D eigenvalue weighted by molar-refractivity contribution is 7.80. The monoisotopic (exact) mass is 304 g/mol. The van der Waals surface area contributed by atoms with Crippen LogP contribution in [0.4, 0.5) is 0 Å². The molecule has 0 saturated heterocycles. The molecule has 2 N–H and O–H groups in total. The normalized spacial score (nSPS) is 18.7. The second kappa shape index (κ2) is 7.03. The van der Waals surface area contributed by atoms with Gasteiger partial charge in [-0.2, -0.15) is 0 Å². The van der Waals surface area contributed by atoms with E-state index in [1.807, 2.05) is 18.7 Å². The lowest BCUT2D eigenvalue weighted by Crippen LogP contribution is -2.42. The number of benzene rings is 1. The average molecular weight is 304 g/mol. The molecular weight excluding hydrogens is 280 g/mol. The summed E-state index contributed by atoms with van der Waals surface area (Å²) in [5.74, 6) is 0.410. The smallest absolute Gasteiger partial charge is 0.226 e. The van der Waals surface area contributed by atoms with Crippen LogP contribution in [0.15, 0.2) is 24.3 Å². The molecule has 0 radical (unpaired) electrons. The van der Waals surface area contributed by atoms with Crippen LogP contribution in [0.1, 0.15) is 31.4 Å². The summed E-state index contributed by atoms with van der Waals surface area (Å²) in [4.78, 5) is 15.1. The predicted molar refractivity (Wildman–Crippen MR) is 90.2 cm³/mol. The minimum absolute atomic E-state index is 0.0692. The molecule has 1 amide bonds. The van der Waals surface area contributed by atoms with E-state index in [2.05, 4.69) is 24.3 Å². The van der Waals surface area contributed by atoms with E-state index in [-0.39, 0.29) is 17.7 Å². The fourth-order valence-electron chi connectivity index (χ4n) is 2.96. The molecule has 0 saturated carbocycles. The number of carbonyl (C=O) groups is 1. The lowest BCUT2D eigenvalue weighted by atomic mass is 9.83. The van der Waals surface area contributed by atoms with Crippen molar-refractivity contribution in [1.82, 2.24) is 4.90 Å². The third kappa shape index (κ3) is 3.82. The summed E-state index contributed by atoms with van der Waals surface area (Å²) in [6, 6.07) is 8.44. The second-order valence-electron chi connectivity index (χ2n) is 5.89. The molecule has 1 aliphatic rings. The second-order valence-corrected chi connectivity index (χ2v) is 6.36. The summed E-state index contributed by atoms with van der Waals surface area (Å²) in [6.45, 7) is 5.34. The number of aryl methyl sites for hydroxylation is 1. The van der Waals surface area contributed by atoms with Gasteiger partial charge in [0.15, 0.2) is 0 Å². The summed E-state index contributed by atoms with van der Waals surface area (Å²) in [5.41, 5.74) is 8.38. The number of fused-ring (bicyclic) bond motifs is 1. The van der Waals surface area contributed by atoms with Crippen LogP contribution < -0.4 is 5.73 Å². The van der Waals surface area contributed by atoms with E-state index in [0.29, 0.717) is 18.1 Å². The maximum absolute atomic E-state index is 12.7. The van der Waals surface area contributed by atoms with Crippen LogP contribution in [-0.4, -0.2) is 28.9 Å². The highest BCUT2D eigenvalue weighted by atomic mass is 32.1. The van der Waals surface area contributed by atoms with Gasteiger partial charge in [-0.3, -0.25) is 4.79 Å². The van der Waals surface area contributed by atoms with Crippen LogP contribution >= 0.6 is 12.2 Å². The van der Waals surface area contributed by atoms with Crippen molar-refractivity contribution in [1.29, 1.82) is 0 Å². The van der Waals surface area contributed by atoms with Crippen molar-refractivity contribution >= 4 is 23.1 Å². The third-order valence-corrected chi connectivity index (χ3v) is 4.77. The third-order valence-electron chi connectivity index (χ3n) is 4.37. The molecule has 21 heavy (non-hydrogen) atoms. The molecule has 1 aromatic rings. The van der Waals surface area contributed by atoms with E-state index in [4.69, 9.17) is 18.0 Å². The Bertz CT molecular complexity index is 529. The molecule has 0 aliphatic heterocycles. The molecule has 2 atom stereocenters. The Kier molecular flexibility index (Phi) is 5.34. The molecule has 1 aliphatic carbocycles. The Morgan fingerprint density at radius 1 is 1.43 bits per heavy atom. The van der Waals surface area contributed by atoms with Crippen LogP contribution in [0.2, 0.25) is 0 Å². The molecule has 0 bridgehead atoms. The summed E-state index contributed by atoms with van der Waals surface area (Å²) in [6.07, 6.45) is 2.79. The number of carbonyl (C=O) groups excluding carboxylic acids is 1. The van der Waals surface area contributed by atoms with Gasteiger partial charge in [0, 0.05) is 24.9 Å². The van der Waals surface area contributed by atoms with E-state index >= 15 is 0 Å². The van der Waals surface area contributed by atoms with Gasteiger partial charge in [0.25, 0.3) is 0 Å². The Balaban J connectivity index is 2.04. The lowest BCUT2D eigenvalue weighted by molar-refractivity contribution is -0.136. The van der Waals surface area contributed by atoms with Gasteiger partial charge in [-0.1, -0.05) is 43.4 Å². The van der Waals surface area contributed by atoms with Crippen LogP contribution in [0.3, 0.4) is 0 Å². The molecular formula is C17H24N2OS. The van der Waals surface area contributed by atoms with Gasteiger partial charge in [-0.25, -0.2) is 0 Å². The van der Waals surface area contributed by atoms with E-state index in [0.717, 1.165) is 19.3 Å². The first-order chi connectivity index (χ1) is 10.0. The number of nitrogens with two attached hydrogens (primary N) is 1. The van der Waals surface area contributed by atoms with Gasteiger partial charge in [0.2, 0.25) is 5.91 Å². The maximum atomic E-state index is 12.7. The molecule has 0 fully saturated rings. The number of rotatable bonds is 5. The molecule has 114 valence electrons. The van der Waals surface area contributed by atoms with Gasteiger partial charge in [-0.15, -0.1) is 0 Å². The molecule has 0 spiro atoms. The number of thiocarbonyl (C=S) groups is 1. The van der Waals surface area contributed by atoms with Crippen molar-refractivity contribution in [2.24, 2.45) is 17.6 Å². The fourth-order valence-corrected chi connectivity index (χ4v) is 3.04. The molecule has 0 aromatic heterocycles. The Labute approximate surface area is 132 Å². The van der Waals surface area contributed by atoms with Gasteiger partial charge in [0.1, 0.15) is 0 Å². The van der Waals surface area contributed by atoms with E-state index in [1.165, 1.54) is 11.1 Å². The standard InChI is InChI=1S/C17H24N2OS/c1-3-19(11-12(2)16(18)21)17(20)15-9-8-13-6-4-5-7-14(13)10-15/h4-7,12,15H,3,8-11H2,1-2H3,(H2,18,21). The van der Waals surface area contributed by atoms with E-state index in [9.17, 15) is 4.79 Å². The molecule has 4 heteroatoms. The topological polar surface area (TPSA) is 46.3 Å². The maximum Gasteiger partial charge on any atom is 0.226 e. The van der Waals surface area contributed by atoms with Crippen LogP contribution in [-0.2, 0) is 17.6 Å². The zero-order valence-electron chi connectivity index (χ0n) is 12.8. The molecule has 2 unspecified atom stereocenters. The largest absolute Gasteiger partial charge is 0.393 e. The highest BCUT2D eigenvalue weighted by Crippen LogP contribution is 2.27. The fraction of sp³-hybridized carbons (Fsp3) is 0.529. The number of hydrogen-bond acceptors (Lipinski definition) is 2. The SMILES string of the molecule is CCN(CC(C)C(N)=S)C(=O)C1CCc2ccccc2C1. The number of hydrogen-bond donors (Lipinski definition) is 1. The minimum atomic E-state index is 0.0692. The summed E-state index contributed by atoms with van der Waals surface area (Å²) in [7, 11) is 0. The van der Waals surface area contributed by atoms with Gasteiger partial charge >= 0.3 is 0 Å². The van der Waals surface area contributed by atoms with Crippen molar-refractivity contribution in [2.45, 2.75) is 33.1 Å². The zero-order valence-corrected chi connectivity index (χ0v) is 13.7. The quantitative estimate of drug-likeness (QED) is 0.851. The van der Waals surface area contributed by atoms with E-state index < -0.39 is 0 Å². The average Bonchev–Trinajstić information content (AvgIpc) is 2.51. The van der Waals surface area contributed by atoms with Crippen molar-refractivity contribution in [3.63, 3.8) is 0 Å². The Morgan fingerprint density at radius 2 is 2.10 bits per heavy atom. The highest BCUT2D eigenvalue weighted by Gasteiger charge is 2.28. The van der Waals surface area contributed by atoms with Crippen molar-refractivity contribution in [3.05, 3.63) is 35.4 Å². The summed E-state index contributed by atoms with van der Waals surface area (Å²) in [5, 5.41) is 0. The first-order valence-corrected chi connectivity index (χ1v) is 8.08. The first kappa shape index (κ1) is 16.0. The number of amides is 1. The molecule has 0 heterocycles. The first-order valence-electron chi connectivity index (χ1n) is 7.67. The van der Waals surface area contributed by atoms with Crippen LogP contribution in [0, 0.1) is 11.8 Å². The van der Waals surface area contributed by atoms with Crippen molar-refractivity contribution < 1.29 is 4.79 Å².